The van der Waals surface area contributed by atoms with Crippen LogP contribution in [0.15, 0.2) is 0 Å². The molecule has 0 bridgehead atoms. The van der Waals surface area contributed by atoms with Gasteiger partial charge in [-0.05, 0) is 25.2 Å². The molecular weight excluding hydrogens is 278 g/mol. The molecule has 0 saturated carbocycles. The van der Waals surface area contributed by atoms with E-state index in [1.807, 2.05) is 4.90 Å². The summed E-state index contributed by atoms with van der Waals surface area (Å²) in [7, 11) is 0. The standard InChI is InChI=1S/C17H31N3O2/c1-14-11-18(12-16-5-3-10-22-16)13-17(14)20-7-4-6-19(8-9-20)15(2)21/h14,16-17H,3-13H2,1-2H3/t14-,16-,17-/m1/s1. The van der Waals surface area contributed by atoms with Crippen molar-refractivity contribution in [2.24, 2.45) is 5.92 Å². The van der Waals surface area contributed by atoms with Gasteiger partial charge in [-0.15, -0.1) is 0 Å². The summed E-state index contributed by atoms with van der Waals surface area (Å²) in [5.74, 6) is 0.937. The van der Waals surface area contributed by atoms with Crippen LogP contribution in [0.2, 0.25) is 0 Å². The van der Waals surface area contributed by atoms with Crippen molar-refractivity contribution in [1.29, 1.82) is 0 Å². The van der Waals surface area contributed by atoms with E-state index in [1.165, 1.54) is 25.9 Å². The monoisotopic (exact) mass is 309 g/mol. The number of hydrogen-bond acceptors (Lipinski definition) is 4. The molecule has 0 spiro atoms. The zero-order valence-electron chi connectivity index (χ0n) is 14.2. The van der Waals surface area contributed by atoms with Crippen LogP contribution in [0.5, 0.6) is 0 Å². The maximum absolute atomic E-state index is 11.6. The van der Waals surface area contributed by atoms with Crippen molar-refractivity contribution in [3.8, 4) is 0 Å². The molecule has 5 nitrogen and oxygen atoms in total. The van der Waals surface area contributed by atoms with Gasteiger partial charge in [-0.3, -0.25) is 14.6 Å². The smallest absolute Gasteiger partial charge is 0.219 e. The van der Waals surface area contributed by atoms with Crippen LogP contribution in [0.25, 0.3) is 0 Å². The van der Waals surface area contributed by atoms with Gasteiger partial charge in [-0.25, -0.2) is 0 Å². The van der Waals surface area contributed by atoms with E-state index in [2.05, 4.69) is 16.7 Å². The van der Waals surface area contributed by atoms with Gasteiger partial charge in [0.2, 0.25) is 5.91 Å². The number of rotatable bonds is 3. The molecule has 3 aliphatic heterocycles. The molecule has 0 aromatic carbocycles. The number of nitrogens with zero attached hydrogens (tertiary/aromatic N) is 3. The molecule has 0 aromatic rings. The van der Waals surface area contributed by atoms with Crippen molar-refractivity contribution in [2.45, 2.75) is 45.3 Å². The van der Waals surface area contributed by atoms with Gasteiger partial charge in [0.25, 0.3) is 0 Å². The van der Waals surface area contributed by atoms with Crippen molar-refractivity contribution in [2.75, 3.05) is 52.4 Å². The van der Waals surface area contributed by atoms with Crippen LogP contribution >= 0.6 is 0 Å². The second-order valence-corrected chi connectivity index (χ2v) is 7.29. The minimum Gasteiger partial charge on any atom is -0.377 e. The Morgan fingerprint density at radius 1 is 1.14 bits per heavy atom. The van der Waals surface area contributed by atoms with Gasteiger partial charge in [-0.2, -0.15) is 0 Å². The van der Waals surface area contributed by atoms with E-state index in [4.69, 9.17) is 4.74 Å². The lowest BCUT2D eigenvalue weighted by atomic mass is 10.0. The first-order valence-corrected chi connectivity index (χ1v) is 8.97. The highest BCUT2D eigenvalue weighted by Crippen LogP contribution is 2.25. The second-order valence-electron chi connectivity index (χ2n) is 7.29. The average Bonchev–Trinajstić information content (AvgIpc) is 3.03. The number of carbonyl (C=O) groups excluding carboxylic acids is 1. The Morgan fingerprint density at radius 2 is 2.00 bits per heavy atom. The van der Waals surface area contributed by atoms with Gasteiger partial charge in [-0.1, -0.05) is 6.92 Å². The molecule has 126 valence electrons. The Morgan fingerprint density at radius 3 is 2.73 bits per heavy atom. The zero-order valence-corrected chi connectivity index (χ0v) is 14.2. The van der Waals surface area contributed by atoms with E-state index in [0.717, 1.165) is 45.8 Å². The Balaban J connectivity index is 1.52. The quantitative estimate of drug-likeness (QED) is 0.780. The molecule has 22 heavy (non-hydrogen) atoms. The molecule has 5 heteroatoms. The number of likely N-dealkylation sites (tertiary alicyclic amines) is 1. The highest BCUT2D eigenvalue weighted by atomic mass is 16.5. The van der Waals surface area contributed by atoms with Gasteiger partial charge in [0, 0.05) is 65.4 Å². The molecule has 0 radical (unpaired) electrons. The van der Waals surface area contributed by atoms with Crippen molar-refractivity contribution in [1.82, 2.24) is 14.7 Å². The predicted molar refractivity (Wildman–Crippen MR) is 86.8 cm³/mol. The zero-order chi connectivity index (χ0) is 15.5. The Labute approximate surface area is 134 Å². The fourth-order valence-corrected chi connectivity index (χ4v) is 4.33. The van der Waals surface area contributed by atoms with Crippen LogP contribution in [0.3, 0.4) is 0 Å². The molecule has 3 fully saturated rings. The fraction of sp³-hybridized carbons (Fsp3) is 0.941. The lowest BCUT2D eigenvalue weighted by Crippen LogP contribution is -2.43. The molecule has 0 aromatic heterocycles. The third kappa shape index (κ3) is 3.81. The van der Waals surface area contributed by atoms with Gasteiger partial charge in [0.05, 0.1) is 6.10 Å². The molecule has 3 aliphatic rings. The van der Waals surface area contributed by atoms with Gasteiger partial charge in [0.15, 0.2) is 0 Å². The van der Waals surface area contributed by atoms with Crippen LogP contribution in [0, 0.1) is 5.92 Å². The molecule has 0 unspecified atom stereocenters. The van der Waals surface area contributed by atoms with Crippen molar-refractivity contribution in [3.05, 3.63) is 0 Å². The van der Waals surface area contributed by atoms with E-state index in [-0.39, 0.29) is 5.91 Å². The normalized spacial score (nSPS) is 35.0. The van der Waals surface area contributed by atoms with Crippen LogP contribution < -0.4 is 0 Å². The Bertz CT molecular complexity index is 384. The second kappa shape index (κ2) is 7.28. The lowest BCUT2D eigenvalue weighted by molar-refractivity contribution is -0.128. The maximum Gasteiger partial charge on any atom is 0.219 e. The highest BCUT2D eigenvalue weighted by molar-refractivity contribution is 5.73. The summed E-state index contributed by atoms with van der Waals surface area (Å²) in [6.07, 6.45) is 4.02. The highest BCUT2D eigenvalue weighted by Gasteiger charge is 2.35. The summed E-state index contributed by atoms with van der Waals surface area (Å²) < 4.78 is 5.79. The van der Waals surface area contributed by atoms with Crippen molar-refractivity contribution >= 4 is 5.91 Å². The average molecular weight is 309 g/mol. The summed E-state index contributed by atoms with van der Waals surface area (Å²) in [6.45, 7) is 12.5. The first kappa shape index (κ1) is 16.2. The van der Waals surface area contributed by atoms with E-state index in [9.17, 15) is 4.79 Å². The minimum atomic E-state index is 0.223. The molecule has 3 rings (SSSR count). The topological polar surface area (TPSA) is 36.0 Å². The summed E-state index contributed by atoms with van der Waals surface area (Å²) >= 11 is 0. The van der Waals surface area contributed by atoms with Crippen LogP contribution in [0.1, 0.15) is 33.1 Å². The van der Waals surface area contributed by atoms with Crippen LogP contribution in [0.4, 0.5) is 0 Å². The van der Waals surface area contributed by atoms with E-state index < -0.39 is 0 Å². The summed E-state index contributed by atoms with van der Waals surface area (Å²) in [4.78, 5) is 18.8. The van der Waals surface area contributed by atoms with Crippen molar-refractivity contribution in [3.63, 3.8) is 0 Å². The fourth-order valence-electron chi connectivity index (χ4n) is 4.33. The maximum atomic E-state index is 11.6. The molecule has 0 N–H and O–H groups in total. The van der Waals surface area contributed by atoms with E-state index >= 15 is 0 Å². The third-order valence-electron chi connectivity index (χ3n) is 5.58. The van der Waals surface area contributed by atoms with Gasteiger partial charge < -0.3 is 9.64 Å². The molecule has 0 aliphatic carbocycles. The molecule has 3 heterocycles. The van der Waals surface area contributed by atoms with Gasteiger partial charge in [0.1, 0.15) is 0 Å². The number of amides is 1. The van der Waals surface area contributed by atoms with Crippen molar-refractivity contribution < 1.29 is 9.53 Å². The molecule has 3 saturated heterocycles. The number of carbonyl (C=O) groups is 1. The summed E-state index contributed by atoms with van der Waals surface area (Å²) in [5, 5.41) is 0. The Kier molecular flexibility index (Phi) is 5.37. The minimum absolute atomic E-state index is 0.223. The first-order chi connectivity index (χ1) is 10.6. The number of ether oxygens (including phenoxy) is 1. The van der Waals surface area contributed by atoms with E-state index in [0.29, 0.717) is 18.1 Å². The largest absolute Gasteiger partial charge is 0.377 e. The lowest BCUT2D eigenvalue weighted by Gasteiger charge is -2.30. The number of hydrogen-bond donors (Lipinski definition) is 0. The molecule has 1 amide bonds. The molecular formula is C17H31N3O2. The summed E-state index contributed by atoms with van der Waals surface area (Å²) in [5.41, 5.74) is 0. The Hall–Kier alpha value is -0.650. The first-order valence-electron chi connectivity index (χ1n) is 8.97. The van der Waals surface area contributed by atoms with E-state index in [1.54, 1.807) is 6.92 Å². The van der Waals surface area contributed by atoms with Crippen LogP contribution in [-0.2, 0) is 9.53 Å². The third-order valence-corrected chi connectivity index (χ3v) is 5.58. The molecule has 3 atom stereocenters. The van der Waals surface area contributed by atoms with Crippen LogP contribution in [-0.4, -0.2) is 85.2 Å². The summed E-state index contributed by atoms with van der Waals surface area (Å²) in [6, 6.07) is 0.647. The van der Waals surface area contributed by atoms with Gasteiger partial charge >= 0.3 is 0 Å². The predicted octanol–water partition coefficient (Wildman–Crippen LogP) is 1.04. The SMILES string of the molecule is CC(=O)N1CCCN([C@@H]2CN(C[C@H]3CCCO3)C[C@H]2C)CC1.